The maximum Gasteiger partial charge on any atom is 1.00 e. The summed E-state index contributed by atoms with van der Waals surface area (Å²) in [7, 11) is -4.67. The Balaban J connectivity index is -0.0000000457. The third-order valence-electron chi connectivity index (χ3n) is 0.178. The Morgan fingerprint density at radius 1 is 1.45 bits per heavy atom. The Hall–Kier alpha value is 1.19. The SMILES string of the molecule is C=CC(Cl)Cl.O=S(=O)(O)O.[H-].[Na+]. The van der Waals surface area contributed by atoms with E-state index < -0.39 is 15.2 Å². The Labute approximate surface area is 98.9 Å². The average molecular weight is 233 g/mol. The molecule has 8 heteroatoms. The molecule has 0 aromatic carbocycles. The van der Waals surface area contributed by atoms with Crippen LogP contribution in [0.5, 0.6) is 0 Å². The first-order chi connectivity index (χ1) is 4.27. The van der Waals surface area contributed by atoms with Gasteiger partial charge in [-0.05, 0) is 0 Å². The number of hydrogen-bond acceptors (Lipinski definition) is 2. The van der Waals surface area contributed by atoms with Crippen LogP contribution < -0.4 is 29.6 Å². The molecule has 0 saturated carbocycles. The molecule has 11 heavy (non-hydrogen) atoms. The fourth-order valence-electron chi connectivity index (χ4n) is 0. The minimum absolute atomic E-state index is 0. The van der Waals surface area contributed by atoms with Crippen molar-refractivity contribution < 1.29 is 48.5 Å². The first-order valence-corrected chi connectivity index (χ1v) is 4.15. The minimum atomic E-state index is -4.67. The van der Waals surface area contributed by atoms with Gasteiger partial charge in [0, 0.05) is 0 Å². The zero-order valence-corrected chi connectivity index (χ0v) is 10.1. The van der Waals surface area contributed by atoms with Crippen LogP contribution >= 0.6 is 23.2 Å². The van der Waals surface area contributed by atoms with Crippen LogP contribution in [0, 0.1) is 0 Å². The van der Waals surface area contributed by atoms with Gasteiger partial charge in [0.25, 0.3) is 0 Å². The average Bonchev–Trinajstić information content (AvgIpc) is 1.61. The molecule has 0 aliphatic carbocycles. The van der Waals surface area contributed by atoms with Gasteiger partial charge in [0.15, 0.2) is 0 Å². The smallest absolute Gasteiger partial charge is 1.00 e. The molecule has 0 aromatic rings. The molecule has 0 saturated heterocycles. The molecule has 0 heterocycles. The molecule has 2 N–H and O–H groups in total. The van der Waals surface area contributed by atoms with Crippen LogP contribution in [0.3, 0.4) is 0 Å². The molecule has 0 aliphatic heterocycles. The molecule has 0 aromatic heterocycles. The third-order valence-corrected chi connectivity index (χ3v) is 0.535. The monoisotopic (exact) mass is 232 g/mol. The first-order valence-electron chi connectivity index (χ1n) is 1.88. The summed E-state index contributed by atoms with van der Waals surface area (Å²) in [4.78, 5) is -0.407. The van der Waals surface area contributed by atoms with E-state index in [-0.39, 0.29) is 31.0 Å². The largest absolute Gasteiger partial charge is 1.00 e. The summed E-state index contributed by atoms with van der Waals surface area (Å²) in [6.45, 7) is 3.30. The van der Waals surface area contributed by atoms with E-state index in [1.807, 2.05) is 0 Å². The summed E-state index contributed by atoms with van der Waals surface area (Å²) < 4.78 is 31.6. The van der Waals surface area contributed by atoms with Gasteiger partial charge in [-0.15, -0.1) is 29.8 Å². The van der Waals surface area contributed by atoms with E-state index in [0.29, 0.717) is 0 Å². The summed E-state index contributed by atoms with van der Waals surface area (Å²) in [6, 6.07) is 0. The van der Waals surface area contributed by atoms with Crippen LogP contribution in [0.1, 0.15) is 1.43 Å². The number of rotatable bonds is 1. The van der Waals surface area contributed by atoms with Crippen molar-refractivity contribution in [1.82, 2.24) is 0 Å². The molecule has 0 radical (unpaired) electrons. The molecule has 0 rings (SSSR count). The van der Waals surface area contributed by atoms with E-state index in [1.54, 1.807) is 0 Å². The van der Waals surface area contributed by atoms with Crippen molar-refractivity contribution in [2.24, 2.45) is 0 Å². The number of hydrogen-bond donors (Lipinski definition) is 2. The molecular weight excluding hydrogens is 226 g/mol. The molecule has 64 valence electrons. The minimum Gasteiger partial charge on any atom is -1.00 e. The maximum atomic E-state index is 8.74. The topological polar surface area (TPSA) is 74.6 Å². The molecule has 0 spiro atoms. The number of allylic oxidation sites excluding steroid dienone is 1. The fourth-order valence-corrected chi connectivity index (χ4v) is 0. The standard InChI is InChI=1S/C3H4Cl2.Na.H2O4S.H/c1-2-3(4)5;;1-5(2,3)4;/h2-3H,1H2;;(H2,1,2,3,4);/q;+1;;-1. The molecule has 4 nitrogen and oxygen atoms in total. The Bertz CT molecular complexity index is 175. The van der Waals surface area contributed by atoms with E-state index in [9.17, 15) is 0 Å². The van der Waals surface area contributed by atoms with Gasteiger partial charge in [-0.25, -0.2) is 0 Å². The molecule has 0 unspecified atom stereocenters. The molecule has 0 amide bonds. The second-order valence-corrected chi connectivity index (χ2v) is 3.08. The van der Waals surface area contributed by atoms with Crippen molar-refractivity contribution in [3.05, 3.63) is 12.7 Å². The van der Waals surface area contributed by atoms with Crippen LogP contribution in [0.2, 0.25) is 0 Å². The summed E-state index contributed by atoms with van der Waals surface area (Å²) >= 11 is 10.2. The van der Waals surface area contributed by atoms with Crippen LogP contribution in [-0.2, 0) is 10.4 Å². The molecule has 0 aliphatic rings. The molecular formula is C3H7Cl2NaO4S. The normalized spacial score (nSPS) is 9.18. The zero-order valence-electron chi connectivity index (χ0n) is 6.74. The van der Waals surface area contributed by atoms with Gasteiger partial charge < -0.3 is 1.43 Å². The molecule has 0 atom stereocenters. The Morgan fingerprint density at radius 2 is 1.55 bits per heavy atom. The first kappa shape index (κ1) is 18.1. The van der Waals surface area contributed by atoms with Crippen molar-refractivity contribution in [2.75, 3.05) is 0 Å². The number of halogens is 2. The van der Waals surface area contributed by atoms with E-state index in [1.165, 1.54) is 6.08 Å². The van der Waals surface area contributed by atoms with Crippen LogP contribution in [0.15, 0.2) is 12.7 Å². The fraction of sp³-hybridized carbons (Fsp3) is 0.333. The van der Waals surface area contributed by atoms with Crippen molar-refractivity contribution >= 4 is 33.6 Å². The molecule has 0 bridgehead atoms. The van der Waals surface area contributed by atoms with Crippen molar-refractivity contribution in [3.8, 4) is 0 Å². The van der Waals surface area contributed by atoms with E-state index in [4.69, 9.17) is 40.7 Å². The number of alkyl halides is 2. The summed E-state index contributed by atoms with van der Waals surface area (Å²) in [5, 5.41) is 0. The quantitative estimate of drug-likeness (QED) is 0.248. The zero-order chi connectivity index (χ0) is 8.78. The van der Waals surface area contributed by atoms with Gasteiger partial charge in [-0.1, -0.05) is 6.08 Å². The summed E-state index contributed by atoms with van der Waals surface area (Å²) in [5.74, 6) is 0. The van der Waals surface area contributed by atoms with Gasteiger partial charge in [0.2, 0.25) is 0 Å². The predicted octanol–water partition coefficient (Wildman–Crippen LogP) is -1.56. The van der Waals surface area contributed by atoms with Crippen LogP contribution in [0.25, 0.3) is 0 Å². The van der Waals surface area contributed by atoms with Gasteiger partial charge >= 0.3 is 40.0 Å². The van der Waals surface area contributed by atoms with Crippen molar-refractivity contribution in [1.29, 1.82) is 0 Å². The third kappa shape index (κ3) is 92.9. The van der Waals surface area contributed by atoms with Crippen LogP contribution in [-0.4, -0.2) is 22.4 Å². The predicted molar refractivity (Wildman–Crippen MR) is 41.0 cm³/mol. The molecule has 0 fully saturated rings. The Kier molecular flexibility index (Phi) is 15.2. The van der Waals surface area contributed by atoms with Crippen molar-refractivity contribution in [2.45, 2.75) is 4.84 Å². The van der Waals surface area contributed by atoms with E-state index >= 15 is 0 Å². The van der Waals surface area contributed by atoms with Crippen molar-refractivity contribution in [3.63, 3.8) is 0 Å². The van der Waals surface area contributed by atoms with Crippen LogP contribution in [0.4, 0.5) is 0 Å². The van der Waals surface area contributed by atoms with E-state index in [2.05, 4.69) is 6.58 Å². The summed E-state index contributed by atoms with van der Waals surface area (Å²) in [6.07, 6.45) is 1.45. The second kappa shape index (κ2) is 9.28. The Morgan fingerprint density at radius 3 is 1.55 bits per heavy atom. The van der Waals surface area contributed by atoms with Gasteiger partial charge in [-0.2, -0.15) is 8.42 Å². The summed E-state index contributed by atoms with van der Waals surface area (Å²) in [5.41, 5.74) is 0. The van der Waals surface area contributed by atoms with Gasteiger partial charge in [0.1, 0.15) is 4.84 Å². The van der Waals surface area contributed by atoms with Gasteiger partial charge in [-0.3, -0.25) is 9.11 Å². The maximum absolute atomic E-state index is 8.74. The van der Waals surface area contributed by atoms with Gasteiger partial charge in [0.05, 0.1) is 0 Å². The van der Waals surface area contributed by atoms with E-state index in [0.717, 1.165) is 0 Å². The second-order valence-electron chi connectivity index (χ2n) is 1.02.